The molecule has 0 aliphatic heterocycles. The lowest BCUT2D eigenvalue weighted by molar-refractivity contribution is -0.384. The van der Waals surface area contributed by atoms with Crippen LogP contribution in [0.4, 0.5) is 5.69 Å². The molecule has 0 aliphatic carbocycles. The molecule has 0 atom stereocenters. The fraction of sp³-hybridized carbons (Fsp3) is 0.0833. The Labute approximate surface area is 127 Å². The van der Waals surface area contributed by atoms with Gasteiger partial charge in [0.05, 0.1) is 15.6 Å². The maximum atomic E-state index is 11.8. The SMILES string of the molecule is Cn1cc(Br)c(C(=O)N/N=C\c2cccc([N+](=O)[O-])c2)n1. The molecule has 1 N–H and O–H groups in total. The lowest BCUT2D eigenvalue weighted by atomic mass is 10.2. The van der Waals surface area contributed by atoms with Gasteiger partial charge in [-0.25, -0.2) is 5.43 Å². The summed E-state index contributed by atoms with van der Waals surface area (Å²) < 4.78 is 2.04. The van der Waals surface area contributed by atoms with Crippen molar-refractivity contribution in [3.8, 4) is 0 Å². The topological polar surface area (TPSA) is 102 Å². The van der Waals surface area contributed by atoms with Crippen molar-refractivity contribution >= 4 is 33.7 Å². The van der Waals surface area contributed by atoms with Gasteiger partial charge in [0.1, 0.15) is 0 Å². The zero-order valence-corrected chi connectivity index (χ0v) is 12.4. The van der Waals surface area contributed by atoms with E-state index in [9.17, 15) is 14.9 Å². The van der Waals surface area contributed by atoms with E-state index in [1.54, 1.807) is 19.3 Å². The number of carbonyl (C=O) groups excluding carboxylic acids is 1. The molecule has 0 saturated carbocycles. The van der Waals surface area contributed by atoms with E-state index < -0.39 is 10.8 Å². The Kier molecular flexibility index (Phi) is 4.43. The monoisotopic (exact) mass is 351 g/mol. The second-order valence-corrected chi connectivity index (χ2v) is 4.90. The Hall–Kier alpha value is -2.55. The number of non-ortho nitro benzene ring substituents is 1. The maximum Gasteiger partial charge on any atom is 0.293 e. The van der Waals surface area contributed by atoms with Crippen LogP contribution in [0.2, 0.25) is 0 Å². The second-order valence-electron chi connectivity index (χ2n) is 4.05. The van der Waals surface area contributed by atoms with E-state index in [2.05, 4.69) is 31.6 Å². The van der Waals surface area contributed by atoms with E-state index in [1.807, 2.05) is 0 Å². The number of nitrogens with zero attached hydrogens (tertiary/aromatic N) is 4. The number of rotatable bonds is 4. The average Bonchev–Trinajstić information content (AvgIpc) is 2.78. The first-order valence-corrected chi connectivity index (χ1v) is 6.53. The number of halogens is 1. The van der Waals surface area contributed by atoms with Crippen LogP contribution in [0, 0.1) is 10.1 Å². The third-order valence-electron chi connectivity index (χ3n) is 2.46. The van der Waals surface area contributed by atoms with Gasteiger partial charge in [-0.2, -0.15) is 10.2 Å². The number of amides is 1. The van der Waals surface area contributed by atoms with Crippen molar-refractivity contribution in [3.63, 3.8) is 0 Å². The van der Waals surface area contributed by atoms with Crippen LogP contribution in [0.3, 0.4) is 0 Å². The maximum absolute atomic E-state index is 11.8. The summed E-state index contributed by atoms with van der Waals surface area (Å²) in [5.74, 6) is -0.482. The molecule has 1 heterocycles. The smallest absolute Gasteiger partial charge is 0.274 e. The highest BCUT2D eigenvalue weighted by molar-refractivity contribution is 9.10. The third kappa shape index (κ3) is 3.72. The van der Waals surface area contributed by atoms with E-state index in [4.69, 9.17) is 0 Å². The Morgan fingerprint density at radius 2 is 2.33 bits per heavy atom. The normalized spacial score (nSPS) is 10.8. The van der Waals surface area contributed by atoms with Crippen LogP contribution >= 0.6 is 15.9 Å². The van der Waals surface area contributed by atoms with Gasteiger partial charge < -0.3 is 0 Å². The minimum atomic E-state index is -0.499. The number of hydrazone groups is 1. The van der Waals surface area contributed by atoms with Crippen LogP contribution < -0.4 is 5.43 Å². The van der Waals surface area contributed by atoms with Crippen molar-refractivity contribution in [1.82, 2.24) is 15.2 Å². The summed E-state index contributed by atoms with van der Waals surface area (Å²) in [4.78, 5) is 21.9. The summed E-state index contributed by atoms with van der Waals surface area (Å²) >= 11 is 3.21. The first-order valence-electron chi connectivity index (χ1n) is 5.74. The molecule has 0 bridgehead atoms. The Morgan fingerprint density at radius 3 is 2.95 bits per heavy atom. The molecule has 1 amide bonds. The highest BCUT2D eigenvalue weighted by atomic mass is 79.9. The third-order valence-corrected chi connectivity index (χ3v) is 3.04. The quantitative estimate of drug-likeness (QED) is 0.515. The number of benzene rings is 1. The lowest BCUT2D eigenvalue weighted by Crippen LogP contribution is -2.19. The first kappa shape index (κ1) is 14.9. The standard InChI is InChI=1S/C12H10BrN5O3/c1-17-7-10(13)11(16-17)12(19)15-14-6-8-3-2-4-9(5-8)18(20)21/h2-7H,1H3,(H,15,19)/b14-6-. The van der Waals surface area contributed by atoms with Crippen molar-refractivity contribution in [1.29, 1.82) is 0 Å². The number of carbonyl (C=O) groups is 1. The molecule has 1 aromatic heterocycles. The van der Waals surface area contributed by atoms with Crippen molar-refractivity contribution in [2.75, 3.05) is 0 Å². The van der Waals surface area contributed by atoms with Crippen LogP contribution in [0.25, 0.3) is 0 Å². The molecule has 108 valence electrons. The number of aryl methyl sites for hydroxylation is 1. The molecule has 1 aromatic carbocycles. The average molecular weight is 352 g/mol. The van der Waals surface area contributed by atoms with Crippen LogP contribution in [-0.2, 0) is 7.05 Å². The largest absolute Gasteiger partial charge is 0.293 e. The molecule has 0 spiro atoms. The molecule has 2 aromatic rings. The van der Waals surface area contributed by atoms with Gasteiger partial charge >= 0.3 is 0 Å². The van der Waals surface area contributed by atoms with E-state index in [0.29, 0.717) is 10.0 Å². The van der Waals surface area contributed by atoms with Gasteiger partial charge in [-0.1, -0.05) is 12.1 Å². The van der Waals surface area contributed by atoms with E-state index in [-0.39, 0.29) is 11.4 Å². The number of nitrogens with one attached hydrogen (secondary N) is 1. The van der Waals surface area contributed by atoms with Gasteiger partial charge in [0.15, 0.2) is 5.69 Å². The summed E-state index contributed by atoms with van der Waals surface area (Å²) in [6.45, 7) is 0. The van der Waals surface area contributed by atoms with Crippen LogP contribution in [0.15, 0.2) is 40.0 Å². The second kappa shape index (κ2) is 6.27. The van der Waals surface area contributed by atoms with Crippen molar-refractivity contribution in [2.24, 2.45) is 12.1 Å². The summed E-state index contributed by atoms with van der Waals surface area (Å²) in [6.07, 6.45) is 2.96. The highest BCUT2D eigenvalue weighted by Gasteiger charge is 2.13. The van der Waals surface area contributed by atoms with Gasteiger partial charge in [-0.05, 0) is 15.9 Å². The number of nitro benzene ring substituents is 1. The summed E-state index contributed by atoms with van der Waals surface area (Å²) in [5.41, 5.74) is 2.97. The number of nitro groups is 1. The predicted molar refractivity (Wildman–Crippen MR) is 79.1 cm³/mol. The Balaban J connectivity index is 2.05. The summed E-state index contributed by atoms with van der Waals surface area (Å²) in [6, 6.07) is 5.91. The van der Waals surface area contributed by atoms with Crippen LogP contribution in [0.5, 0.6) is 0 Å². The zero-order chi connectivity index (χ0) is 15.4. The van der Waals surface area contributed by atoms with Gasteiger partial charge in [0.25, 0.3) is 11.6 Å². The molecule has 0 fully saturated rings. The molecule has 0 aliphatic rings. The molecular formula is C12H10BrN5O3. The molecule has 0 saturated heterocycles. The minimum absolute atomic E-state index is 0.0438. The molecular weight excluding hydrogens is 342 g/mol. The Bertz CT molecular complexity index is 725. The van der Waals surface area contributed by atoms with Gasteiger partial charge in [-0.3, -0.25) is 19.6 Å². The fourth-order valence-corrected chi connectivity index (χ4v) is 2.11. The minimum Gasteiger partial charge on any atom is -0.274 e. The van der Waals surface area contributed by atoms with E-state index >= 15 is 0 Å². The van der Waals surface area contributed by atoms with Gasteiger partial charge in [0.2, 0.25) is 0 Å². The summed E-state index contributed by atoms with van der Waals surface area (Å²) in [5, 5.41) is 18.4. The predicted octanol–water partition coefficient (Wildman–Crippen LogP) is 1.85. The van der Waals surface area contributed by atoms with Crippen LogP contribution in [0.1, 0.15) is 16.1 Å². The van der Waals surface area contributed by atoms with Gasteiger partial charge in [0, 0.05) is 30.9 Å². The van der Waals surface area contributed by atoms with Crippen molar-refractivity contribution < 1.29 is 9.72 Å². The van der Waals surface area contributed by atoms with Crippen molar-refractivity contribution in [2.45, 2.75) is 0 Å². The molecule has 21 heavy (non-hydrogen) atoms. The lowest BCUT2D eigenvalue weighted by Gasteiger charge is -1.97. The molecule has 8 nitrogen and oxygen atoms in total. The van der Waals surface area contributed by atoms with Crippen LogP contribution in [-0.4, -0.2) is 26.8 Å². The Morgan fingerprint density at radius 1 is 1.57 bits per heavy atom. The van der Waals surface area contributed by atoms with E-state index in [0.717, 1.165) is 0 Å². The van der Waals surface area contributed by atoms with Gasteiger partial charge in [-0.15, -0.1) is 0 Å². The van der Waals surface area contributed by atoms with Crippen molar-refractivity contribution in [3.05, 3.63) is 56.3 Å². The molecule has 0 unspecified atom stereocenters. The zero-order valence-electron chi connectivity index (χ0n) is 10.9. The molecule has 2 rings (SSSR count). The number of hydrogen-bond acceptors (Lipinski definition) is 5. The van der Waals surface area contributed by atoms with E-state index in [1.165, 1.54) is 29.1 Å². The molecule has 0 radical (unpaired) electrons. The number of aromatic nitrogens is 2. The highest BCUT2D eigenvalue weighted by Crippen LogP contribution is 2.14. The fourth-order valence-electron chi connectivity index (χ4n) is 1.55. The number of hydrogen-bond donors (Lipinski definition) is 1. The molecule has 9 heteroatoms. The first-order chi connectivity index (χ1) is 9.97. The summed E-state index contributed by atoms with van der Waals surface area (Å²) in [7, 11) is 1.69.